The molecule has 9 heteroatoms. The summed E-state index contributed by atoms with van der Waals surface area (Å²) in [4.78, 5) is 36.0. The molecule has 0 radical (unpaired) electrons. The second-order valence-electron chi connectivity index (χ2n) is 9.54. The van der Waals surface area contributed by atoms with Crippen molar-refractivity contribution >= 4 is 22.9 Å². The number of hydrogen-bond donors (Lipinski definition) is 0. The van der Waals surface area contributed by atoms with Crippen LogP contribution in [0.2, 0.25) is 0 Å². The van der Waals surface area contributed by atoms with Crippen LogP contribution in [-0.2, 0) is 6.42 Å². The number of hydrogen-bond acceptors (Lipinski definition) is 7. The highest BCUT2D eigenvalue weighted by Gasteiger charge is 2.22. The van der Waals surface area contributed by atoms with E-state index in [0.29, 0.717) is 62.2 Å². The Hall–Kier alpha value is -5.31. The fraction of sp³-hybridized carbons (Fsp3) is 0.152. The molecular weight excluding hydrogens is 537 g/mol. The number of benzene rings is 2. The number of pyridine rings is 3. The van der Waals surface area contributed by atoms with E-state index in [1.807, 2.05) is 0 Å². The van der Waals surface area contributed by atoms with E-state index in [1.165, 1.54) is 43.1 Å². The molecule has 5 aromatic rings. The number of ketones is 1. The molecule has 2 aromatic carbocycles. The van der Waals surface area contributed by atoms with Crippen LogP contribution in [-0.4, -0.2) is 34.5 Å². The predicted octanol–water partition coefficient (Wildman–Crippen LogP) is 6.41. The van der Waals surface area contributed by atoms with Gasteiger partial charge in [-0.05, 0) is 66.9 Å². The van der Waals surface area contributed by atoms with Crippen molar-refractivity contribution in [3.8, 4) is 28.8 Å². The highest BCUT2D eigenvalue weighted by Crippen LogP contribution is 2.34. The van der Waals surface area contributed by atoms with E-state index in [1.54, 1.807) is 62.5 Å². The summed E-state index contributed by atoms with van der Waals surface area (Å²) in [7, 11) is 3.03. The summed E-state index contributed by atoms with van der Waals surface area (Å²) in [5, 5.41) is 0. The molecule has 3 heterocycles. The maximum absolute atomic E-state index is 13.6. The minimum atomic E-state index is -0.462. The minimum absolute atomic E-state index is 0.00381. The molecule has 0 saturated carbocycles. The first kappa shape index (κ1) is 28.2. The second kappa shape index (κ2) is 11.7. The summed E-state index contributed by atoms with van der Waals surface area (Å²) >= 11 is 0. The van der Waals surface area contributed by atoms with Crippen molar-refractivity contribution in [2.24, 2.45) is 0 Å². The zero-order chi connectivity index (χ0) is 30.0. The number of ether oxygens (including phenoxy) is 3. The van der Waals surface area contributed by atoms with Gasteiger partial charge in [-0.25, -0.2) is 9.37 Å². The van der Waals surface area contributed by atoms with Gasteiger partial charge in [-0.1, -0.05) is 24.8 Å². The SMILES string of the molecule is C=Cc1c(C)c(C(=O)Cc2ccc(Oc3ccnc4cc(OC)c(OC)nc34)cc2)c(=O)n(-c2ccc(F)cc2)c1C. The van der Waals surface area contributed by atoms with Crippen molar-refractivity contribution in [2.75, 3.05) is 14.2 Å². The molecule has 0 N–H and O–H groups in total. The van der Waals surface area contributed by atoms with E-state index in [9.17, 15) is 14.0 Å². The number of nitrogens with zero attached hydrogens (tertiary/aromatic N) is 3. The molecule has 0 amide bonds. The van der Waals surface area contributed by atoms with Gasteiger partial charge in [-0.2, -0.15) is 0 Å². The average Bonchev–Trinajstić information content (AvgIpc) is 2.98. The van der Waals surface area contributed by atoms with Gasteiger partial charge in [-0.3, -0.25) is 19.1 Å². The van der Waals surface area contributed by atoms with Gasteiger partial charge in [0.15, 0.2) is 17.3 Å². The lowest BCUT2D eigenvalue weighted by atomic mass is 9.95. The first-order valence-corrected chi connectivity index (χ1v) is 13.1. The van der Waals surface area contributed by atoms with Gasteiger partial charge in [0.2, 0.25) is 0 Å². The fourth-order valence-electron chi connectivity index (χ4n) is 4.94. The summed E-state index contributed by atoms with van der Waals surface area (Å²) in [6.45, 7) is 7.39. The maximum atomic E-state index is 13.6. The lowest BCUT2D eigenvalue weighted by molar-refractivity contribution is 0.0990. The number of fused-ring (bicyclic) bond motifs is 1. The maximum Gasteiger partial charge on any atom is 0.266 e. The molecule has 0 saturated heterocycles. The number of carbonyl (C=O) groups is 1. The van der Waals surface area contributed by atoms with Gasteiger partial charge in [0.1, 0.15) is 17.1 Å². The molecule has 0 bridgehead atoms. The Morgan fingerprint density at radius 1 is 1.00 bits per heavy atom. The first-order chi connectivity index (χ1) is 20.2. The number of carbonyl (C=O) groups excluding carboxylic acids is 1. The summed E-state index contributed by atoms with van der Waals surface area (Å²) in [6, 6.07) is 16.0. The molecule has 0 spiro atoms. The van der Waals surface area contributed by atoms with Crippen LogP contribution in [0.15, 0.2) is 78.2 Å². The van der Waals surface area contributed by atoms with E-state index in [-0.39, 0.29) is 17.8 Å². The van der Waals surface area contributed by atoms with Crippen molar-refractivity contribution in [2.45, 2.75) is 20.3 Å². The summed E-state index contributed by atoms with van der Waals surface area (Å²) in [5.41, 5.74) is 3.70. The topological polar surface area (TPSA) is 92.5 Å². The fourth-order valence-corrected chi connectivity index (χ4v) is 4.94. The molecular formula is C33H28FN3O5. The number of methoxy groups -OCH3 is 2. The average molecular weight is 566 g/mol. The minimum Gasteiger partial charge on any atom is -0.491 e. The summed E-state index contributed by atoms with van der Waals surface area (Å²) < 4.78 is 31.7. The third-order valence-electron chi connectivity index (χ3n) is 7.03. The highest BCUT2D eigenvalue weighted by atomic mass is 19.1. The van der Waals surface area contributed by atoms with E-state index in [2.05, 4.69) is 16.5 Å². The van der Waals surface area contributed by atoms with Crippen LogP contribution in [0, 0.1) is 19.7 Å². The Labute approximate surface area is 241 Å². The zero-order valence-electron chi connectivity index (χ0n) is 23.6. The highest BCUT2D eigenvalue weighted by molar-refractivity contribution is 5.99. The van der Waals surface area contributed by atoms with Crippen molar-refractivity contribution in [3.63, 3.8) is 0 Å². The molecule has 5 rings (SSSR count). The third-order valence-corrected chi connectivity index (χ3v) is 7.03. The van der Waals surface area contributed by atoms with Crippen LogP contribution in [0.1, 0.15) is 32.7 Å². The Bertz CT molecular complexity index is 1880. The number of rotatable bonds is 9. The van der Waals surface area contributed by atoms with E-state index in [0.717, 1.165) is 0 Å². The Kier molecular flexibility index (Phi) is 7.84. The Morgan fingerprint density at radius 3 is 2.36 bits per heavy atom. The summed E-state index contributed by atoms with van der Waals surface area (Å²) in [5.74, 6) is 0.999. The van der Waals surface area contributed by atoms with Crippen molar-refractivity contribution in [1.82, 2.24) is 14.5 Å². The molecule has 42 heavy (non-hydrogen) atoms. The van der Waals surface area contributed by atoms with E-state index < -0.39 is 11.4 Å². The molecule has 212 valence electrons. The van der Waals surface area contributed by atoms with Crippen LogP contribution in [0.3, 0.4) is 0 Å². The lowest BCUT2D eigenvalue weighted by Gasteiger charge is -2.18. The summed E-state index contributed by atoms with van der Waals surface area (Å²) in [6.07, 6.45) is 3.23. The second-order valence-corrected chi connectivity index (χ2v) is 9.54. The smallest absolute Gasteiger partial charge is 0.266 e. The quantitative estimate of drug-likeness (QED) is 0.191. The molecule has 0 aliphatic carbocycles. The molecule has 8 nitrogen and oxygen atoms in total. The largest absolute Gasteiger partial charge is 0.491 e. The van der Waals surface area contributed by atoms with E-state index >= 15 is 0 Å². The molecule has 0 unspecified atom stereocenters. The number of Topliss-reactive ketones (excluding diaryl/α,β-unsaturated/α-hetero) is 1. The van der Waals surface area contributed by atoms with Gasteiger partial charge < -0.3 is 14.2 Å². The number of aromatic nitrogens is 3. The monoisotopic (exact) mass is 565 g/mol. The van der Waals surface area contributed by atoms with Crippen molar-refractivity contribution < 1.29 is 23.4 Å². The Morgan fingerprint density at radius 2 is 1.71 bits per heavy atom. The van der Waals surface area contributed by atoms with Gasteiger partial charge in [0, 0.05) is 36.1 Å². The standard InChI is InChI=1S/C33H28FN3O5/c1-6-25-19(2)30(33(39)37(20(25)3)23-11-9-22(34)10-12-23)27(38)17-21-7-13-24(14-8-21)42-28-15-16-35-26-18-29(40-4)32(41-5)36-31(26)28/h6-16,18H,1,17H2,2-5H3. The molecule has 0 fully saturated rings. The molecule has 0 aliphatic heterocycles. The zero-order valence-corrected chi connectivity index (χ0v) is 23.6. The van der Waals surface area contributed by atoms with Crippen LogP contribution in [0.5, 0.6) is 23.1 Å². The van der Waals surface area contributed by atoms with Gasteiger partial charge in [0.25, 0.3) is 11.4 Å². The van der Waals surface area contributed by atoms with Gasteiger partial charge >= 0.3 is 0 Å². The Balaban J connectivity index is 1.43. The van der Waals surface area contributed by atoms with E-state index in [4.69, 9.17) is 14.2 Å². The van der Waals surface area contributed by atoms with Crippen molar-refractivity contribution in [1.29, 1.82) is 0 Å². The molecule has 3 aromatic heterocycles. The van der Waals surface area contributed by atoms with Crippen molar-refractivity contribution in [3.05, 3.63) is 118 Å². The van der Waals surface area contributed by atoms with Crippen LogP contribution >= 0.6 is 0 Å². The molecule has 0 atom stereocenters. The number of halogens is 1. The first-order valence-electron chi connectivity index (χ1n) is 13.1. The van der Waals surface area contributed by atoms with Gasteiger partial charge in [0.05, 0.1) is 25.3 Å². The normalized spacial score (nSPS) is 10.9. The van der Waals surface area contributed by atoms with Crippen LogP contribution < -0.4 is 19.8 Å². The predicted molar refractivity (Wildman–Crippen MR) is 159 cm³/mol. The third kappa shape index (κ3) is 5.24. The van der Waals surface area contributed by atoms with Gasteiger partial charge in [-0.15, -0.1) is 0 Å². The lowest BCUT2D eigenvalue weighted by Crippen LogP contribution is -2.30. The van der Waals surface area contributed by atoms with Crippen LogP contribution in [0.25, 0.3) is 22.8 Å². The molecule has 0 aliphatic rings. The van der Waals surface area contributed by atoms with Crippen LogP contribution in [0.4, 0.5) is 4.39 Å².